The van der Waals surface area contributed by atoms with E-state index in [1.165, 1.54) is 96.3 Å². The van der Waals surface area contributed by atoms with Crippen LogP contribution in [0.3, 0.4) is 0 Å². The van der Waals surface area contributed by atoms with Crippen LogP contribution in [0.25, 0.3) is 0 Å². The van der Waals surface area contributed by atoms with E-state index in [1.807, 2.05) is 0 Å². The van der Waals surface area contributed by atoms with Crippen molar-refractivity contribution >= 4 is 17.9 Å². The molecular weight excluding hydrogens is 901 g/mol. The molecule has 414 valence electrons. The summed E-state index contributed by atoms with van der Waals surface area (Å²) in [5, 5.41) is 0. The molecule has 0 amide bonds. The number of hydrogen-bond acceptors (Lipinski definition) is 6. The van der Waals surface area contributed by atoms with Crippen LogP contribution < -0.4 is 0 Å². The summed E-state index contributed by atoms with van der Waals surface area (Å²) in [6.45, 7) is 6.43. The van der Waals surface area contributed by atoms with Crippen LogP contribution in [0.15, 0.2) is 122 Å². The van der Waals surface area contributed by atoms with Gasteiger partial charge in [0.1, 0.15) is 13.2 Å². The standard InChI is InChI=1S/C67H110O6/c1-4-7-10-13-16-19-22-24-26-28-30-32-33-35-36-38-40-42-45-48-51-54-57-60-66(69)72-63-64(62-71-65(68)59-56-53-50-47-44-21-18-15-12-9-6-3)73-67(70)61-58-55-52-49-46-43-41-39-37-34-31-29-27-25-23-20-17-14-11-8-5-2/h8,11,15,17-18,20,22,24-25,27-28,30-31,33-35,39,41,46,49,64H,4-7,9-10,12-14,16,19,21,23,26,29,32,36-38,40,42-45,47-48,50-63H2,1-3H3/b11-8-,18-15-,20-17-,24-22-,27-25-,30-28-,34-31-,35-33-,41-39-,49-46-. The van der Waals surface area contributed by atoms with Gasteiger partial charge in [0, 0.05) is 19.3 Å². The largest absolute Gasteiger partial charge is 0.462 e. The molecule has 0 aromatic rings. The number of esters is 3. The number of carbonyl (C=O) groups is 3. The lowest BCUT2D eigenvalue weighted by Gasteiger charge is -2.18. The molecule has 6 heteroatoms. The van der Waals surface area contributed by atoms with Crippen LogP contribution in [0.2, 0.25) is 0 Å². The molecule has 0 bridgehead atoms. The lowest BCUT2D eigenvalue weighted by atomic mass is 10.1. The molecule has 0 aliphatic heterocycles. The Morgan fingerprint density at radius 1 is 0.288 bits per heavy atom. The van der Waals surface area contributed by atoms with Gasteiger partial charge < -0.3 is 14.2 Å². The van der Waals surface area contributed by atoms with Crippen LogP contribution in [0.1, 0.15) is 265 Å². The first-order valence-electron chi connectivity index (χ1n) is 30.0. The fourth-order valence-corrected chi connectivity index (χ4v) is 7.90. The molecule has 0 aliphatic rings. The molecule has 0 rings (SSSR count). The summed E-state index contributed by atoms with van der Waals surface area (Å²) >= 11 is 0. The van der Waals surface area contributed by atoms with Gasteiger partial charge in [-0.05, 0) is 128 Å². The summed E-state index contributed by atoms with van der Waals surface area (Å²) in [7, 11) is 0. The number of carbonyl (C=O) groups excluding carboxylic acids is 3. The van der Waals surface area contributed by atoms with E-state index in [0.29, 0.717) is 19.3 Å². The van der Waals surface area contributed by atoms with E-state index in [2.05, 4.69) is 142 Å². The molecule has 0 heterocycles. The molecule has 0 aromatic carbocycles. The minimum absolute atomic E-state index is 0.105. The lowest BCUT2D eigenvalue weighted by molar-refractivity contribution is -0.167. The number of unbranched alkanes of at least 4 members (excludes halogenated alkanes) is 22. The Balaban J connectivity index is 4.43. The smallest absolute Gasteiger partial charge is 0.306 e. The fourth-order valence-electron chi connectivity index (χ4n) is 7.90. The van der Waals surface area contributed by atoms with Crippen molar-refractivity contribution in [1.82, 2.24) is 0 Å². The first-order chi connectivity index (χ1) is 36.0. The van der Waals surface area contributed by atoms with Crippen molar-refractivity contribution in [2.75, 3.05) is 13.2 Å². The SMILES string of the molecule is CC/C=C\C/C=C\C/C=C\C/C=C\C/C=C\C/C=C\CCCCC(=O)OC(COC(=O)CCCCCCC/C=C\CCCC)COC(=O)CCCCCCCCCC/C=C\C/C=C\C/C=C\CCCCCCC. The third kappa shape index (κ3) is 58.6. The van der Waals surface area contributed by atoms with Crippen LogP contribution >= 0.6 is 0 Å². The summed E-state index contributed by atoms with van der Waals surface area (Å²) in [6.07, 6.45) is 83.4. The molecule has 0 saturated heterocycles. The van der Waals surface area contributed by atoms with Gasteiger partial charge in [-0.15, -0.1) is 0 Å². The van der Waals surface area contributed by atoms with Crippen LogP contribution in [0, 0.1) is 0 Å². The van der Waals surface area contributed by atoms with Gasteiger partial charge in [-0.3, -0.25) is 14.4 Å². The lowest BCUT2D eigenvalue weighted by Crippen LogP contribution is -2.30. The molecule has 73 heavy (non-hydrogen) atoms. The van der Waals surface area contributed by atoms with E-state index in [-0.39, 0.29) is 37.5 Å². The second-order valence-corrected chi connectivity index (χ2v) is 19.5. The van der Waals surface area contributed by atoms with Crippen molar-refractivity contribution in [3.63, 3.8) is 0 Å². The highest BCUT2D eigenvalue weighted by molar-refractivity contribution is 5.71. The highest BCUT2D eigenvalue weighted by Gasteiger charge is 2.19. The van der Waals surface area contributed by atoms with Crippen molar-refractivity contribution < 1.29 is 28.6 Å². The Labute approximate surface area is 450 Å². The maximum Gasteiger partial charge on any atom is 0.306 e. The van der Waals surface area contributed by atoms with Gasteiger partial charge in [-0.25, -0.2) is 0 Å². The predicted molar refractivity (Wildman–Crippen MR) is 316 cm³/mol. The van der Waals surface area contributed by atoms with Gasteiger partial charge in [0.2, 0.25) is 0 Å². The molecule has 6 nitrogen and oxygen atoms in total. The fraction of sp³-hybridized carbons (Fsp3) is 0.657. The summed E-state index contributed by atoms with van der Waals surface area (Å²) in [5.74, 6) is -0.966. The summed E-state index contributed by atoms with van der Waals surface area (Å²) in [6, 6.07) is 0. The Morgan fingerprint density at radius 2 is 0.548 bits per heavy atom. The van der Waals surface area contributed by atoms with Crippen molar-refractivity contribution in [1.29, 1.82) is 0 Å². The molecule has 0 aliphatic carbocycles. The average molecular weight is 1010 g/mol. The van der Waals surface area contributed by atoms with E-state index < -0.39 is 6.10 Å². The highest BCUT2D eigenvalue weighted by Crippen LogP contribution is 2.14. The zero-order chi connectivity index (χ0) is 52.9. The molecule has 0 radical (unpaired) electrons. The van der Waals surface area contributed by atoms with Crippen molar-refractivity contribution in [2.45, 2.75) is 271 Å². The van der Waals surface area contributed by atoms with Crippen molar-refractivity contribution in [3.8, 4) is 0 Å². The van der Waals surface area contributed by atoms with E-state index in [4.69, 9.17) is 14.2 Å². The average Bonchev–Trinajstić information content (AvgIpc) is 3.39. The van der Waals surface area contributed by atoms with E-state index in [9.17, 15) is 14.4 Å². The quantitative estimate of drug-likeness (QED) is 0.0261. The third-order valence-corrected chi connectivity index (χ3v) is 12.4. The Morgan fingerprint density at radius 3 is 0.918 bits per heavy atom. The summed E-state index contributed by atoms with van der Waals surface area (Å²) in [4.78, 5) is 38.2. The van der Waals surface area contributed by atoms with Crippen LogP contribution in [0.4, 0.5) is 0 Å². The van der Waals surface area contributed by atoms with Crippen LogP contribution in [0.5, 0.6) is 0 Å². The van der Waals surface area contributed by atoms with E-state index in [1.54, 1.807) is 0 Å². The van der Waals surface area contributed by atoms with Crippen LogP contribution in [-0.4, -0.2) is 37.2 Å². The molecule has 0 N–H and O–H groups in total. The molecular formula is C67H110O6. The zero-order valence-corrected chi connectivity index (χ0v) is 47.4. The minimum Gasteiger partial charge on any atom is -0.462 e. The third-order valence-electron chi connectivity index (χ3n) is 12.4. The topological polar surface area (TPSA) is 78.9 Å². The van der Waals surface area contributed by atoms with Crippen molar-refractivity contribution in [3.05, 3.63) is 122 Å². The van der Waals surface area contributed by atoms with Crippen LogP contribution in [-0.2, 0) is 28.6 Å². The maximum absolute atomic E-state index is 12.9. The first-order valence-corrected chi connectivity index (χ1v) is 30.0. The monoisotopic (exact) mass is 1010 g/mol. The van der Waals surface area contributed by atoms with Gasteiger partial charge in [0.25, 0.3) is 0 Å². The molecule has 0 spiro atoms. The maximum atomic E-state index is 12.9. The minimum atomic E-state index is -0.812. The number of rotatable bonds is 53. The second-order valence-electron chi connectivity index (χ2n) is 19.5. The second kappa shape index (κ2) is 60.4. The van der Waals surface area contributed by atoms with E-state index >= 15 is 0 Å². The molecule has 0 fully saturated rings. The first kappa shape index (κ1) is 68.8. The van der Waals surface area contributed by atoms with Gasteiger partial charge in [-0.1, -0.05) is 239 Å². The Hall–Kier alpha value is -4.19. The Bertz CT molecular complexity index is 1540. The summed E-state index contributed by atoms with van der Waals surface area (Å²) in [5.41, 5.74) is 0. The number of ether oxygens (including phenoxy) is 3. The molecule has 1 atom stereocenters. The molecule has 0 aromatic heterocycles. The number of hydrogen-bond donors (Lipinski definition) is 0. The predicted octanol–water partition coefficient (Wildman–Crippen LogP) is 20.4. The molecule has 0 saturated carbocycles. The van der Waals surface area contributed by atoms with Gasteiger partial charge in [0.15, 0.2) is 6.10 Å². The molecule has 1 unspecified atom stereocenters. The van der Waals surface area contributed by atoms with Gasteiger partial charge >= 0.3 is 17.9 Å². The van der Waals surface area contributed by atoms with Gasteiger partial charge in [-0.2, -0.15) is 0 Å². The Kier molecular flexibility index (Phi) is 56.9. The van der Waals surface area contributed by atoms with Crippen molar-refractivity contribution in [2.24, 2.45) is 0 Å². The zero-order valence-electron chi connectivity index (χ0n) is 47.4. The summed E-state index contributed by atoms with van der Waals surface area (Å²) < 4.78 is 16.8. The number of allylic oxidation sites excluding steroid dienone is 20. The van der Waals surface area contributed by atoms with Gasteiger partial charge in [0.05, 0.1) is 0 Å². The highest BCUT2D eigenvalue weighted by atomic mass is 16.6. The normalized spacial score (nSPS) is 13.0. The van der Waals surface area contributed by atoms with E-state index in [0.717, 1.165) is 122 Å².